The zero-order chi connectivity index (χ0) is 21.8. The van der Waals surface area contributed by atoms with E-state index < -0.39 is 0 Å². The molecule has 3 N–H and O–H groups in total. The first-order valence-electron chi connectivity index (χ1n) is 10.1. The summed E-state index contributed by atoms with van der Waals surface area (Å²) in [5, 5.41) is 11.3. The van der Waals surface area contributed by atoms with Crippen LogP contribution in [0.25, 0.3) is 16.8 Å². The summed E-state index contributed by atoms with van der Waals surface area (Å²) in [6.45, 7) is 4.14. The molecule has 2 aromatic heterocycles. The van der Waals surface area contributed by atoms with Gasteiger partial charge in [0.2, 0.25) is 5.91 Å². The van der Waals surface area contributed by atoms with Gasteiger partial charge in [0.05, 0.1) is 29.0 Å². The van der Waals surface area contributed by atoms with Crippen molar-refractivity contribution in [3.8, 4) is 16.8 Å². The fourth-order valence-electron chi connectivity index (χ4n) is 3.24. The van der Waals surface area contributed by atoms with Gasteiger partial charge in [-0.25, -0.2) is 4.68 Å². The first kappa shape index (κ1) is 20.3. The SMILES string of the molecule is Cc1ccc(-n2cc(CCC(=O)Nc3cc(-c4cccnc4)ccc3N)nn2)cc1C. The number of anilines is 2. The molecule has 0 aliphatic rings. The molecule has 0 spiro atoms. The van der Waals surface area contributed by atoms with E-state index in [-0.39, 0.29) is 12.3 Å². The van der Waals surface area contributed by atoms with Crippen molar-refractivity contribution in [2.45, 2.75) is 26.7 Å². The van der Waals surface area contributed by atoms with E-state index in [1.807, 2.05) is 36.5 Å². The Hall–Kier alpha value is -4.00. The van der Waals surface area contributed by atoms with Crippen molar-refractivity contribution in [2.24, 2.45) is 0 Å². The molecule has 0 saturated carbocycles. The molecule has 0 aliphatic carbocycles. The third-order valence-electron chi connectivity index (χ3n) is 5.23. The van der Waals surface area contributed by atoms with Crippen LogP contribution < -0.4 is 11.1 Å². The van der Waals surface area contributed by atoms with Crippen LogP contribution in [-0.2, 0) is 11.2 Å². The number of hydrogen-bond acceptors (Lipinski definition) is 5. The summed E-state index contributed by atoms with van der Waals surface area (Å²) >= 11 is 0. The van der Waals surface area contributed by atoms with Crippen LogP contribution in [0.2, 0.25) is 0 Å². The number of pyridine rings is 1. The second-order valence-electron chi connectivity index (χ2n) is 7.51. The number of carbonyl (C=O) groups is 1. The number of rotatable bonds is 6. The summed E-state index contributed by atoms with van der Waals surface area (Å²) in [6.07, 6.45) is 6.12. The molecule has 7 heteroatoms. The van der Waals surface area contributed by atoms with Crippen molar-refractivity contribution in [2.75, 3.05) is 11.1 Å². The van der Waals surface area contributed by atoms with Crippen molar-refractivity contribution >= 4 is 17.3 Å². The number of nitrogen functional groups attached to an aromatic ring is 1. The fourth-order valence-corrected chi connectivity index (χ4v) is 3.24. The van der Waals surface area contributed by atoms with Crippen LogP contribution >= 0.6 is 0 Å². The number of aryl methyl sites for hydroxylation is 3. The molecule has 7 nitrogen and oxygen atoms in total. The molecule has 0 aliphatic heterocycles. The van der Waals surface area contributed by atoms with Gasteiger partial charge in [-0.3, -0.25) is 9.78 Å². The highest BCUT2D eigenvalue weighted by Gasteiger charge is 2.10. The zero-order valence-corrected chi connectivity index (χ0v) is 17.5. The second-order valence-corrected chi connectivity index (χ2v) is 7.51. The third kappa shape index (κ3) is 4.78. The van der Waals surface area contributed by atoms with Gasteiger partial charge in [-0.2, -0.15) is 0 Å². The monoisotopic (exact) mass is 412 g/mol. The lowest BCUT2D eigenvalue weighted by atomic mass is 10.1. The highest BCUT2D eigenvalue weighted by atomic mass is 16.1. The first-order chi connectivity index (χ1) is 15.0. The minimum atomic E-state index is -0.129. The molecular formula is C24H24N6O. The van der Waals surface area contributed by atoms with Crippen molar-refractivity contribution in [1.82, 2.24) is 20.0 Å². The molecule has 156 valence electrons. The highest BCUT2D eigenvalue weighted by Crippen LogP contribution is 2.27. The van der Waals surface area contributed by atoms with Crippen LogP contribution in [0.5, 0.6) is 0 Å². The summed E-state index contributed by atoms with van der Waals surface area (Å²) in [5.74, 6) is -0.129. The van der Waals surface area contributed by atoms with Crippen LogP contribution in [0.3, 0.4) is 0 Å². The quantitative estimate of drug-likeness (QED) is 0.465. The summed E-state index contributed by atoms with van der Waals surface area (Å²) in [6, 6.07) is 15.5. The fraction of sp³-hybridized carbons (Fsp3) is 0.167. The van der Waals surface area contributed by atoms with E-state index in [1.54, 1.807) is 23.1 Å². The maximum Gasteiger partial charge on any atom is 0.224 e. The predicted molar refractivity (Wildman–Crippen MR) is 122 cm³/mol. The Balaban J connectivity index is 1.40. The molecule has 1 amide bonds. The van der Waals surface area contributed by atoms with Crippen LogP contribution in [0.4, 0.5) is 11.4 Å². The lowest BCUT2D eigenvalue weighted by molar-refractivity contribution is -0.116. The minimum absolute atomic E-state index is 0.129. The summed E-state index contributed by atoms with van der Waals surface area (Å²) in [7, 11) is 0. The second kappa shape index (κ2) is 8.79. The Morgan fingerprint density at radius 1 is 1.06 bits per heavy atom. The van der Waals surface area contributed by atoms with Gasteiger partial charge in [0.15, 0.2) is 0 Å². The van der Waals surface area contributed by atoms with Crippen LogP contribution in [0.15, 0.2) is 67.1 Å². The van der Waals surface area contributed by atoms with E-state index in [9.17, 15) is 4.79 Å². The molecule has 2 aromatic carbocycles. The minimum Gasteiger partial charge on any atom is -0.397 e. The van der Waals surface area contributed by atoms with E-state index >= 15 is 0 Å². The summed E-state index contributed by atoms with van der Waals surface area (Å²) in [4.78, 5) is 16.6. The lowest BCUT2D eigenvalue weighted by Gasteiger charge is -2.10. The van der Waals surface area contributed by atoms with E-state index in [0.29, 0.717) is 17.8 Å². The van der Waals surface area contributed by atoms with Crippen molar-refractivity contribution < 1.29 is 4.79 Å². The third-order valence-corrected chi connectivity index (χ3v) is 5.23. The summed E-state index contributed by atoms with van der Waals surface area (Å²) < 4.78 is 1.73. The summed E-state index contributed by atoms with van der Waals surface area (Å²) in [5.41, 5.74) is 13.2. The predicted octanol–water partition coefficient (Wildman–Crippen LogP) is 4.10. The Morgan fingerprint density at radius 3 is 2.71 bits per heavy atom. The maximum absolute atomic E-state index is 12.5. The zero-order valence-electron chi connectivity index (χ0n) is 17.5. The number of nitrogens with two attached hydrogens (primary N) is 1. The molecule has 4 aromatic rings. The van der Waals surface area contributed by atoms with E-state index in [0.717, 1.165) is 22.5 Å². The number of amides is 1. The molecule has 0 fully saturated rings. The van der Waals surface area contributed by atoms with E-state index in [1.165, 1.54) is 11.1 Å². The number of carbonyl (C=O) groups excluding carboxylic acids is 1. The lowest BCUT2D eigenvalue weighted by Crippen LogP contribution is -2.13. The molecule has 4 rings (SSSR count). The number of nitrogens with one attached hydrogen (secondary N) is 1. The van der Waals surface area contributed by atoms with Crippen LogP contribution in [0.1, 0.15) is 23.2 Å². The topological polar surface area (TPSA) is 98.7 Å². The average molecular weight is 412 g/mol. The van der Waals surface area contributed by atoms with Gasteiger partial charge in [0.25, 0.3) is 0 Å². The Bertz CT molecular complexity index is 1220. The molecule has 0 atom stereocenters. The van der Waals surface area contributed by atoms with Crippen molar-refractivity contribution in [1.29, 1.82) is 0 Å². The smallest absolute Gasteiger partial charge is 0.224 e. The van der Waals surface area contributed by atoms with Gasteiger partial charge in [-0.1, -0.05) is 23.4 Å². The largest absolute Gasteiger partial charge is 0.397 e. The standard InChI is InChI=1S/C24H24N6O/c1-16-5-8-21(12-17(16)2)30-15-20(28-29-30)7-10-24(31)27-23-13-18(6-9-22(23)25)19-4-3-11-26-14-19/h3-6,8-9,11-15H,7,10,25H2,1-2H3,(H,27,31). The van der Waals surface area contributed by atoms with Gasteiger partial charge >= 0.3 is 0 Å². The number of hydrogen-bond donors (Lipinski definition) is 2. The molecule has 0 unspecified atom stereocenters. The highest BCUT2D eigenvalue weighted by molar-refractivity contribution is 5.95. The first-order valence-corrected chi connectivity index (χ1v) is 10.1. The van der Waals surface area contributed by atoms with Gasteiger partial charge in [0, 0.05) is 30.8 Å². The number of nitrogens with zero attached hydrogens (tertiary/aromatic N) is 4. The molecule has 0 radical (unpaired) electrons. The average Bonchev–Trinajstić information content (AvgIpc) is 3.25. The molecule has 0 bridgehead atoms. The van der Waals surface area contributed by atoms with Gasteiger partial charge < -0.3 is 11.1 Å². The Kier molecular flexibility index (Phi) is 5.75. The van der Waals surface area contributed by atoms with Gasteiger partial charge in [-0.15, -0.1) is 5.10 Å². The molecule has 31 heavy (non-hydrogen) atoms. The molecule has 2 heterocycles. The molecular weight excluding hydrogens is 388 g/mol. The van der Waals surface area contributed by atoms with Crippen molar-refractivity contribution in [3.63, 3.8) is 0 Å². The van der Waals surface area contributed by atoms with Crippen LogP contribution in [0, 0.1) is 13.8 Å². The Labute approximate surface area is 180 Å². The molecule has 0 saturated heterocycles. The van der Waals surface area contributed by atoms with Gasteiger partial charge in [0.1, 0.15) is 0 Å². The normalized spacial score (nSPS) is 10.8. The van der Waals surface area contributed by atoms with E-state index in [2.05, 4.69) is 46.6 Å². The number of benzene rings is 2. The van der Waals surface area contributed by atoms with E-state index in [4.69, 9.17) is 5.73 Å². The number of aromatic nitrogens is 4. The van der Waals surface area contributed by atoms with Crippen molar-refractivity contribution in [3.05, 3.63) is 83.9 Å². The van der Waals surface area contributed by atoms with Gasteiger partial charge in [-0.05, 0) is 60.9 Å². The van der Waals surface area contributed by atoms with Crippen LogP contribution in [-0.4, -0.2) is 25.9 Å². The Morgan fingerprint density at radius 2 is 1.94 bits per heavy atom. The maximum atomic E-state index is 12.5.